The van der Waals surface area contributed by atoms with E-state index >= 15 is 0 Å². The fourth-order valence-electron chi connectivity index (χ4n) is 1.16. The van der Waals surface area contributed by atoms with Crippen molar-refractivity contribution in [3.05, 3.63) is 36.4 Å². The molecule has 0 aromatic carbocycles. The van der Waals surface area contributed by atoms with Crippen LogP contribution in [0.4, 0.5) is 5.95 Å². The Morgan fingerprint density at radius 3 is 2.58 bits per heavy atom. The Hall–Kier alpha value is -2.20. The number of aromatic nitrogens is 4. The first kappa shape index (κ1) is 13.2. The Morgan fingerprint density at radius 2 is 2.05 bits per heavy atom. The molecule has 0 radical (unpaired) electrons. The van der Waals surface area contributed by atoms with Crippen molar-refractivity contribution < 1.29 is 8.42 Å². The van der Waals surface area contributed by atoms with Gasteiger partial charge in [-0.05, 0) is 12.1 Å². The van der Waals surface area contributed by atoms with Crippen molar-refractivity contribution in [3.8, 4) is 0 Å². The molecule has 0 unspecified atom stereocenters. The van der Waals surface area contributed by atoms with Gasteiger partial charge in [-0.25, -0.2) is 18.1 Å². The summed E-state index contributed by atoms with van der Waals surface area (Å²) in [6.45, 7) is 0. The van der Waals surface area contributed by atoms with E-state index < -0.39 is 10.0 Å². The summed E-state index contributed by atoms with van der Waals surface area (Å²) < 4.78 is 26.1. The minimum absolute atomic E-state index is 0.0556. The van der Waals surface area contributed by atoms with Gasteiger partial charge in [-0.2, -0.15) is 5.10 Å². The lowest BCUT2D eigenvalue weighted by Gasteiger charge is -2.05. The molecule has 3 N–H and O–H groups in total. The van der Waals surface area contributed by atoms with Gasteiger partial charge in [0.05, 0.1) is 18.1 Å². The molecule has 0 saturated heterocycles. The number of pyridine rings is 1. The second-order valence-electron chi connectivity index (χ2n) is 3.32. The highest BCUT2D eigenvalue weighted by Crippen LogP contribution is 2.11. The van der Waals surface area contributed by atoms with Crippen LogP contribution in [-0.4, -0.2) is 33.6 Å². The molecule has 0 bridgehead atoms. The first-order chi connectivity index (χ1) is 8.99. The average molecular weight is 296 g/mol. The number of nitrogens with zero attached hydrogens (tertiary/aromatic N) is 4. The van der Waals surface area contributed by atoms with Gasteiger partial charge in [-0.15, -0.1) is 5.10 Å². The SMILES string of the molecule is NC(=S)c1ccc(S(=O)(=O)Nc2nccnn2)cn1. The third-order valence-corrected chi connectivity index (χ3v) is 3.53. The van der Waals surface area contributed by atoms with Crippen molar-refractivity contribution >= 4 is 33.2 Å². The second kappa shape index (κ2) is 5.20. The molecule has 2 aromatic heterocycles. The molecule has 10 heteroatoms. The van der Waals surface area contributed by atoms with Crippen molar-refractivity contribution in [1.29, 1.82) is 0 Å². The van der Waals surface area contributed by atoms with Gasteiger partial charge < -0.3 is 5.73 Å². The van der Waals surface area contributed by atoms with E-state index in [1.54, 1.807) is 0 Å². The lowest BCUT2D eigenvalue weighted by molar-refractivity contribution is 0.600. The van der Waals surface area contributed by atoms with Crippen LogP contribution in [0.15, 0.2) is 35.6 Å². The number of nitrogens with two attached hydrogens (primary N) is 1. The highest BCUT2D eigenvalue weighted by molar-refractivity contribution is 7.92. The molecule has 0 aliphatic heterocycles. The molecule has 8 nitrogen and oxygen atoms in total. The van der Waals surface area contributed by atoms with Crippen LogP contribution in [0.5, 0.6) is 0 Å². The summed E-state index contributed by atoms with van der Waals surface area (Å²) in [5, 5.41) is 7.03. The highest BCUT2D eigenvalue weighted by Gasteiger charge is 2.16. The monoisotopic (exact) mass is 296 g/mol. The smallest absolute Gasteiger partial charge is 0.265 e. The molecule has 0 aliphatic rings. The molecule has 0 atom stereocenters. The van der Waals surface area contributed by atoms with E-state index in [1.165, 1.54) is 24.5 Å². The zero-order chi connectivity index (χ0) is 13.9. The van der Waals surface area contributed by atoms with Crippen LogP contribution < -0.4 is 10.5 Å². The maximum atomic E-state index is 12.0. The van der Waals surface area contributed by atoms with Gasteiger partial charge in [-0.1, -0.05) is 12.2 Å². The number of thiocarbonyl (C=S) groups is 1. The summed E-state index contributed by atoms with van der Waals surface area (Å²) in [6.07, 6.45) is 3.79. The Balaban J connectivity index is 2.27. The second-order valence-corrected chi connectivity index (χ2v) is 5.44. The van der Waals surface area contributed by atoms with Gasteiger partial charge in [-0.3, -0.25) is 4.98 Å². The van der Waals surface area contributed by atoms with Gasteiger partial charge in [0.25, 0.3) is 16.0 Å². The van der Waals surface area contributed by atoms with Gasteiger partial charge in [0.2, 0.25) is 0 Å². The number of hydrogen-bond acceptors (Lipinski definition) is 7. The molecule has 98 valence electrons. The summed E-state index contributed by atoms with van der Waals surface area (Å²) in [7, 11) is -3.82. The first-order valence-corrected chi connectivity index (χ1v) is 6.80. The molecule has 0 amide bonds. The maximum absolute atomic E-state index is 12.0. The average Bonchev–Trinajstić information content (AvgIpc) is 2.39. The molecule has 0 aliphatic carbocycles. The molecule has 19 heavy (non-hydrogen) atoms. The fourth-order valence-corrected chi connectivity index (χ4v) is 2.17. The Labute approximate surface area is 114 Å². The molecular weight excluding hydrogens is 288 g/mol. The number of rotatable bonds is 4. The molecule has 0 saturated carbocycles. The van der Waals surface area contributed by atoms with Gasteiger partial charge in [0.15, 0.2) is 0 Å². The summed E-state index contributed by atoms with van der Waals surface area (Å²) in [4.78, 5) is 7.59. The van der Waals surface area contributed by atoms with E-state index in [4.69, 9.17) is 18.0 Å². The van der Waals surface area contributed by atoms with Gasteiger partial charge in [0.1, 0.15) is 9.88 Å². The van der Waals surface area contributed by atoms with E-state index in [0.717, 1.165) is 6.20 Å². The normalized spacial score (nSPS) is 10.9. The molecule has 2 heterocycles. The number of anilines is 1. The lowest BCUT2D eigenvalue weighted by Crippen LogP contribution is -2.17. The first-order valence-electron chi connectivity index (χ1n) is 4.91. The Bertz CT molecular complexity index is 686. The third kappa shape index (κ3) is 3.17. The Morgan fingerprint density at radius 1 is 1.26 bits per heavy atom. The Kier molecular flexibility index (Phi) is 3.62. The minimum Gasteiger partial charge on any atom is -0.388 e. The van der Waals surface area contributed by atoms with E-state index in [-0.39, 0.29) is 15.8 Å². The predicted molar refractivity (Wildman–Crippen MR) is 70.8 cm³/mol. The summed E-state index contributed by atoms with van der Waals surface area (Å²) in [5.74, 6) is -0.124. The van der Waals surface area contributed by atoms with Crippen molar-refractivity contribution in [2.45, 2.75) is 4.90 Å². The standard InChI is InChI=1S/C9H8N6O2S2/c10-8(18)7-2-1-6(5-12-7)19(16,17)15-9-11-3-4-13-14-9/h1-5H,(H2,10,18)(H,11,14,15). The van der Waals surface area contributed by atoms with Crippen LogP contribution in [-0.2, 0) is 10.0 Å². The predicted octanol–water partition coefficient (Wildman–Crippen LogP) is -0.298. The third-order valence-electron chi connectivity index (χ3n) is 2.01. The van der Waals surface area contributed by atoms with Crippen LogP contribution in [0.25, 0.3) is 0 Å². The maximum Gasteiger partial charge on any atom is 0.265 e. The molecule has 2 aromatic rings. The van der Waals surface area contributed by atoms with E-state index in [9.17, 15) is 8.42 Å². The molecular formula is C9H8N6O2S2. The van der Waals surface area contributed by atoms with Crippen LogP contribution in [0, 0.1) is 0 Å². The van der Waals surface area contributed by atoms with Crippen molar-refractivity contribution in [3.63, 3.8) is 0 Å². The number of sulfonamides is 1. The van der Waals surface area contributed by atoms with Crippen LogP contribution in [0.3, 0.4) is 0 Å². The largest absolute Gasteiger partial charge is 0.388 e. The van der Waals surface area contributed by atoms with Gasteiger partial charge >= 0.3 is 0 Å². The highest BCUT2D eigenvalue weighted by atomic mass is 32.2. The van der Waals surface area contributed by atoms with Crippen molar-refractivity contribution in [2.24, 2.45) is 5.73 Å². The molecule has 2 rings (SSSR count). The van der Waals surface area contributed by atoms with E-state index in [1.807, 2.05) is 0 Å². The molecule has 0 spiro atoms. The van der Waals surface area contributed by atoms with Crippen LogP contribution in [0.2, 0.25) is 0 Å². The number of nitrogens with one attached hydrogen (secondary N) is 1. The topological polar surface area (TPSA) is 124 Å². The van der Waals surface area contributed by atoms with E-state index in [2.05, 4.69) is 24.9 Å². The number of hydrogen-bond donors (Lipinski definition) is 2. The summed E-state index contributed by atoms with van der Waals surface area (Å²) in [5.41, 5.74) is 5.71. The van der Waals surface area contributed by atoms with Crippen LogP contribution >= 0.6 is 12.2 Å². The fraction of sp³-hybridized carbons (Fsp3) is 0. The zero-order valence-electron chi connectivity index (χ0n) is 9.39. The van der Waals surface area contributed by atoms with Crippen molar-refractivity contribution in [1.82, 2.24) is 20.2 Å². The van der Waals surface area contributed by atoms with Crippen LogP contribution in [0.1, 0.15) is 5.69 Å². The minimum atomic E-state index is -3.82. The summed E-state index contributed by atoms with van der Waals surface area (Å²) in [6, 6.07) is 2.75. The molecule has 0 fully saturated rings. The quantitative estimate of drug-likeness (QED) is 0.737. The summed E-state index contributed by atoms with van der Waals surface area (Å²) >= 11 is 4.73. The van der Waals surface area contributed by atoms with Gasteiger partial charge in [0, 0.05) is 6.20 Å². The zero-order valence-corrected chi connectivity index (χ0v) is 11.0. The lowest BCUT2D eigenvalue weighted by atomic mass is 10.3. The van der Waals surface area contributed by atoms with Crippen molar-refractivity contribution in [2.75, 3.05) is 4.72 Å². The van der Waals surface area contributed by atoms with E-state index in [0.29, 0.717) is 5.69 Å².